The maximum Gasteiger partial charge on any atom is 0.319 e. The van der Waals surface area contributed by atoms with Gasteiger partial charge < -0.3 is 29.4 Å². The van der Waals surface area contributed by atoms with Crippen LogP contribution in [0.5, 0.6) is 17.2 Å². The van der Waals surface area contributed by atoms with E-state index < -0.39 is 0 Å². The van der Waals surface area contributed by atoms with Gasteiger partial charge in [-0.25, -0.2) is 4.79 Å². The van der Waals surface area contributed by atoms with Gasteiger partial charge in [0.25, 0.3) is 5.89 Å². The summed E-state index contributed by atoms with van der Waals surface area (Å²) in [5.41, 5.74) is 1.44. The molecule has 2 heterocycles. The van der Waals surface area contributed by atoms with Crippen molar-refractivity contribution in [2.75, 3.05) is 25.3 Å². The number of ether oxygens (including phenoxy) is 3. The first-order valence-corrected chi connectivity index (χ1v) is 9.60. The second-order valence-corrected chi connectivity index (χ2v) is 6.93. The zero-order valence-electron chi connectivity index (χ0n) is 16.7. The Morgan fingerprint density at radius 3 is 2.70 bits per heavy atom. The number of benzene rings is 2. The largest absolute Gasteiger partial charge is 0.492 e. The molecule has 9 heteroatoms. The number of hydrogen-bond acceptors (Lipinski definition) is 7. The van der Waals surface area contributed by atoms with Crippen LogP contribution in [-0.2, 0) is 0 Å². The van der Waals surface area contributed by atoms with E-state index in [-0.39, 0.29) is 18.7 Å². The van der Waals surface area contributed by atoms with Crippen molar-refractivity contribution in [1.29, 1.82) is 0 Å². The van der Waals surface area contributed by atoms with Crippen LogP contribution in [0.25, 0.3) is 11.5 Å². The van der Waals surface area contributed by atoms with Gasteiger partial charge >= 0.3 is 6.03 Å². The maximum atomic E-state index is 12.1. The van der Waals surface area contributed by atoms with Gasteiger partial charge in [0.1, 0.15) is 12.4 Å². The van der Waals surface area contributed by atoms with E-state index in [4.69, 9.17) is 18.7 Å². The molecule has 0 atom stereocenters. The number of amides is 2. The molecule has 1 aromatic heterocycles. The van der Waals surface area contributed by atoms with Crippen LogP contribution in [-0.4, -0.2) is 36.1 Å². The number of carbonyl (C=O) groups is 1. The lowest BCUT2D eigenvalue weighted by atomic mass is 10.2. The molecule has 0 unspecified atom stereocenters. The van der Waals surface area contributed by atoms with E-state index in [9.17, 15) is 4.79 Å². The second kappa shape index (κ2) is 8.73. The molecule has 2 N–H and O–H groups in total. The van der Waals surface area contributed by atoms with Crippen LogP contribution in [0.2, 0.25) is 0 Å². The molecular weight excluding hydrogens is 388 g/mol. The van der Waals surface area contributed by atoms with E-state index in [0.29, 0.717) is 47.8 Å². The number of carbonyl (C=O) groups excluding carboxylic acids is 1. The summed E-state index contributed by atoms with van der Waals surface area (Å²) in [5, 5.41) is 9.46. The number of fused-ring (bicyclic) bond motifs is 1. The van der Waals surface area contributed by atoms with Crippen molar-refractivity contribution in [2.24, 2.45) is 0 Å². The minimum Gasteiger partial charge on any atom is -0.492 e. The fraction of sp³-hybridized carbons (Fsp3) is 0.286. The smallest absolute Gasteiger partial charge is 0.319 e. The highest BCUT2D eigenvalue weighted by Gasteiger charge is 2.14. The number of anilines is 1. The molecular formula is C21H22N4O5. The van der Waals surface area contributed by atoms with Gasteiger partial charge in [-0.1, -0.05) is 19.0 Å². The summed E-state index contributed by atoms with van der Waals surface area (Å²) >= 11 is 0. The van der Waals surface area contributed by atoms with E-state index in [1.807, 2.05) is 26.0 Å². The van der Waals surface area contributed by atoms with Gasteiger partial charge in [0.05, 0.1) is 6.54 Å². The molecule has 0 spiro atoms. The van der Waals surface area contributed by atoms with Crippen molar-refractivity contribution in [2.45, 2.75) is 19.8 Å². The van der Waals surface area contributed by atoms with Crippen molar-refractivity contribution in [3.05, 3.63) is 48.3 Å². The summed E-state index contributed by atoms with van der Waals surface area (Å²) < 4.78 is 21.4. The fourth-order valence-corrected chi connectivity index (χ4v) is 2.76. The third kappa shape index (κ3) is 4.62. The molecule has 30 heavy (non-hydrogen) atoms. The Hall–Kier alpha value is -3.75. The number of hydrogen-bond donors (Lipinski definition) is 2. The molecule has 0 saturated carbocycles. The van der Waals surface area contributed by atoms with E-state index in [1.54, 1.807) is 30.3 Å². The molecule has 3 aromatic rings. The minimum atomic E-state index is -0.322. The summed E-state index contributed by atoms with van der Waals surface area (Å²) in [4.78, 5) is 16.4. The highest BCUT2D eigenvalue weighted by molar-refractivity contribution is 5.89. The van der Waals surface area contributed by atoms with Crippen LogP contribution in [0.4, 0.5) is 10.5 Å². The number of aromatic nitrogens is 2. The van der Waals surface area contributed by atoms with Gasteiger partial charge in [-0.3, -0.25) is 0 Å². The lowest BCUT2D eigenvalue weighted by molar-refractivity contribution is 0.173. The maximum absolute atomic E-state index is 12.1. The first-order valence-electron chi connectivity index (χ1n) is 9.60. The summed E-state index contributed by atoms with van der Waals surface area (Å²) in [6.45, 7) is 4.88. The molecule has 2 aromatic carbocycles. The van der Waals surface area contributed by atoms with Gasteiger partial charge in [0, 0.05) is 23.2 Å². The zero-order valence-corrected chi connectivity index (χ0v) is 16.7. The average Bonchev–Trinajstić information content (AvgIpc) is 3.41. The molecule has 156 valence electrons. The first kappa shape index (κ1) is 19.6. The first-order chi connectivity index (χ1) is 14.6. The van der Waals surface area contributed by atoms with Gasteiger partial charge in [-0.05, 0) is 36.4 Å². The van der Waals surface area contributed by atoms with Crippen molar-refractivity contribution < 1.29 is 23.5 Å². The summed E-state index contributed by atoms with van der Waals surface area (Å²) in [7, 11) is 0. The van der Waals surface area contributed by atoms with E-state index in [1.165, 1.54) is 0 Å². The predicted octanol–water partition coefficient (Wildman–Crippen LogP) is 3.79. The number of nitrogens with one attached hydrogen (secondary N) is 2. The van der Waals surface area contributed by atoms with Crippen LogP contribution in [0.1, 0.15) is 25.6 Å². The highest BCUT2D eigenvalue weighted by Crippen LogP contribution is 2.35. The molecule has 4 rings (SSSR count). The SMILES string of the molecule is CC(C)c1noc(-c2ccc(NC(=O)NCCOc3ccc4c(c3)OCO4)cc2)n1. The van der Waals surface area contributed by atoms with Gasteiger partial charge in [-0.15, -0.1) is 0 Å². The Kier molecular flexibility index (Phi) is 5.69. The number of nitrogens with zero attached hydrogens (tertiary/aromatic N) is 2. The van der Waals surface area contributed by atoms with Crippen LogP contribution in [0.3, 0.4) is 0 Å². The molecule has 0 aliphatic carbocycles. The van der Waals surface area contributed by atoms with Crippen molar-refractivity contribution in [3.63, 3.8) is 0 Å². The quantitative estimate of drug-likeness (QED) is 0.571. The molecule has 0 saturated heterocycles. The van der Waals surface area contributed by atoms with E-state index >= 15 is 0 Å². The van der Waals surface area contributed by atoms with Crippen LogP contribution >= 0.6 is 0 Å². The predicted molar refractivity (Wildman–Crippen MR) is 109 cm³/mol. The third-order valence-electron chi connectivity index (χ3n) is 4.35. The van der Waals surface area contributed by atoms with Crippen LogP contribution in [0.15, 0.2) is 47.0 Å². The monoisotopic (exact) mass is 410 g/mol. The van der Waals surface area contributed by atoms with E-state index in [2.05, 4.69) is 20.8 Å². The Labute approximate surface area is 173 Å². The average molecular weight is 410 g/mol. The molecule has 1 aliphatic rings. The number of urea groups is 1. The van der Waals surface area contributed by atoms with Crippen molar-refractivity contribution >= 4 is 11.7 Å². The van der Waals surface area contributed by atoms with E-state index in [0.717, 1.165) is 5.56 Å². The normalized spacial score (nSPS) is 12.1. The lowest BCUT2D eigenvalue weighted by Crippen LogP contribution is -2.32. The molecule has 0 fully saturated rings. The molecule has 0 radical (unpaired) electrons. The standard InChI is InChI=1S/C21H22N4O5/c1-13(2)19-24-20(30-25-19)14-3-5-15(6-4-14)23-21(26)22-9-10-27-16-7-8-17-18(11-16)29-12-28-17/h3-8,11,13H,9-10,12H2,1-2H3,(H2,22,23,26). The van der Waals surface area contributed by atoms with Gasteiger partial charge in [0.15, 0.2) is 17.3 Å². The summed E-state index contributed by atoms with van der Waals surface area (Å²) in [6.07, 6.45) is 0. The minimum absolute atomic E-state index is 0.196. The Morgan fingerprint density at radius 1 is 1.13 bits per heavy atom. The van der Waals surface area contributed by atoms with Crippen molar-refractivity contribution in [3.8, 4) is 28.7 Å². The van der Waals surface area contributed by atoms with Crippen molar-refractivity contribution in [1.82, 2.24) is 15.5 Å². The highest BCUT2D eigenvalue weighted by atomic mass is 16.7. The summed E-state index contributed by atoms with van der Waals surface area (Å²) in [5.74, 6) is 3.32. The fourth-order valence-electron chi connectivity index (χ4n) is 2.76. The molecule has 2 amide bonds. The molecule has 9 nitrogen and oxygen atoms in total. The third-order valence-corrected chi connectivity index (χ3v) is 4.35. The van der Waals surface area contributed by atoms with Crippen LogP contribution in [0, 0.1) is 0 Å². The summed E-state index contributed by atoms with van der Waals surface area (Å²) in [6, 6.07) is 12.2. The Morgan fingerprint density at radius 2 is 1.93 bits per heavy atom. The lowest BCUT2D eigenvalue weighted by Gasteiger charge is -2.09. The second-order valence-electron chi connectivity index (χ2n) is 6.93. The Balaban J connectivity index is 1.22. The molecule has 0 bridgehead atoms. The Bertz CT molecular complexity index is 1020. The molecule has 1 aliphatic heterocycles. The number of rotatable bonds is 7. The zero-order chi connectivity index (χ0) is 20.9. The van der Waals surface area contributed by atoms with Gasteiger partial charge in [-0.2, -0.15) is 4.98 Å². The van der Waals surface area contributed by atoms with Gasteiger partial charge in [0.2, 0.25) is 6.79 Å². The van der Waals surface area contributed by atoms with Crippen LogP contribution < -0.4 is 24.8 Å². The topological polar surface area (TPSA) is 108 Å².